The van der Waals surface area contributed by atoms with Crippen LogP contribution in [0.15, 0.2) is 0 Å². The van der Waals surface area contributed by atoms with E-state index < -0.39 is 0 Å². The molecule has 0 bridgehead atoms. The average molecular weight is 156 g/mol. The van der Waals surface area contributed by atoms with Crippen molar-refractivity contribution in [2.45, 2.75) is 52.1 Å². The van der Waals surface area contributed by atoms with Gasteiger partial charge in [0.15, 0.2) is 0 Å². The molecule has 0 radical (unpaired) electrons. The first-order chi connectivity index (χ1) is 5.04. The van der Waals surface area contributed by atoms with Crippen molar-refractivity contribution >= 4 is 0 Å². The van der Waals surface area contributed by atoms with Crippen molar-refractivity contribution in [1.82, 2.24) is 0 Å². The molecule has 0 spiro atoms. The SMILES string of the molecule is CC(C)[C@@]1(O)CCC[C@@H](C)C1. The second kappa shape index (κ2) is 3.14. The van der Waals surface area contributed by atoms with Crippen LogP contribution in [0.4, 0.5) is 0 Å². The Morgan fingerprint density at radius 3 is 2.45 bits per heavy atom. The Bertz CT molecular complexity index is 131. The van der Waals surface area contributed by atoms with Crippen LogP contribution >= 0.6 is 0 Å². The molecule has 11 heavy (non-hydrogen) atoms. The van der Waals surface area contributed by atoms with Gasteiger partial charge in [0.2, 0.25) is 0 Å². The average Bonchev–Trinajstić information content (AvgIpc) is 1.86. The van der Waals surface area contributed by atoms with E-state index in [9.17, 15) is 5.11 Å². The molecule has 66 valence electrons. The van der Waals surface area contributed by atoms with E-state index in [0.29, 0.717) is 5.92 Å². The molecule has 1 rings (SSSR count). The molecule has 1 aliphatic carbocycles. The summed E-state index contributed by atoms with van der Waals surface area (Å²) in [7, 11) is 0. The van der Waals surface area contributed by atoms with Gasteiger partial charge >= 0.3 is 0 Å². The van der Waals surface area contributed by atoms with E-state index in [1.165, 1.54) is 12.8 Å². The lowest BCUT2D eigenvalue weighted by Crippen LogP contribution is -2.39. The Labute approximate surface area is 69.8 Å². The summed E-state index contributed by atoms with van der Waals surface area (Å²) in [4.78, 5) is 0. The van der Waals surface area contributed by atoms with Crippen molar-refractivity contribution in [3.63, 3.8) is 0 Å². The first-order valence-corrected chi connectivity index (χ1v) is 4.77. The van der Waals surface area contributed by atoms with Crippen LogP contribution in [0.1, 0.15) is 46.5 Å². The van der Waals surface area contributed by atoms with E-state index >= 15 is 0 Å². The standard InChI is InChI=1S/C10H20O/c1-8(2)10(11)6-4-5-9(3)7-10/h8-9,11H,4-7H2,1-3H3/t9-,10-/m1/s1. The molecule has 1 fully saturated rings. The summed E-state index contributed by atoms with van der Waals surface area (Å²) in [5, 5.41) is 10.1. The first kappa shape index (κ1) is 9.05. The van der Waals surface area contributed by atoms with Crippen LogP contribution in [0.5, 0.6) is 0 Å². The van der Waals surface area contributed by atoms with E-state index in [4.69, 9.17) is 0 Å². The van der Waals surface area contributed by atoms with Crippen LogP contribution in [0.25, 0.3) is 0 Å². The zero-order chi connectivity index (χ0) is 8.48. The Kier molecular flexibility index (Phi) is 2.58. The Balaban J connectivity index is 2.55. The van der Waals surface area contributed by atoms with Gasteiger partial charge in [0.1, 0.15) is 0 Å². The lowest BCUT2D eigenvalue weighted by atomic mass is 9.73. The number of aliphatic hydroxyl groups is 1. The summed E-state index contributed by atoms with van der Waals surface area (Å²) in [5.41, 5.74) is -0.350. The van der Waals surface area contributed by atoms with Crippen molar-refractivity contribution < 1.29 is 5.11 Å². The van der Waals surface area contributed by atoms with Crippen LogP contribution in [0.3, 0.4) is 0 Å². The number of hydrogen-bond donors (Lipinski definition) is 1. The fraction of sp³-hybridized carbons (Fsp3) is 1.00. The summed E-state index contributed by atoms with van der Waals surface area (Å²) in [6.07, 6.45) is 4.52. The highest BCUT2D eigenvalue weighted by molar-refractivity contribution is 4.87. The normalized spacial score (nSPS) is 39.5. The Hall–Kier alpha value is -0.0400. The first-order valence-electron chi connectivity index (χ1n) is 4.77. The van der Waals surface area contributed by atoms with Crippen molar-refractivity contribution in [2.24, 2.45) is 11.8 Å². The molecule has 0 unspecified atom stereocenters. The number of hydrogen-bond acceptors (Lipinski definition) is 1. The smallest absolute Gasteiger partial charge is 0.0673 e. The van der Waals surface area contributed by atoms with Crippen LogP contribution < -0.4 is 0 Å². The molecule has 1 heteroatoms. The zero-order valence-corrected chi connectivity index (χ0v) is 7.93. The Morgan fingerprint density at radius 2 is 2.09 bits per heavy atom. The van der Waals surface area contributed by atoms with E-state index in [1.807, 2.05) is 0 Å². The molecular weight excluding hydrogens is 136 g/mol. The minimum atomic E-state index is -0.350. The third-order valence-corrected chi connectivity index (χ3v) is 3.08. The Morgan fingerprint density at radius 1 is 1.45 bits per heavy atom. The maximum absolute atomic E-state index is 10.1. The van der Waals surface area contributed by atoms with Gasteiger partial charge in [0, 0.05) is 0 Å². The van der Waals surface area contributed by atoms with Gasteiger partial charge in [-0.05, 0) is 24.7 Å². The van der Waals surface area contributed by atoms with Crippen molar-refractivity contribution in [1.29, 1.82) is 0 Å². The minimum Gasteiger partial charge on any atom is -0.390 e. The van der Waals surface area contributed by atoms with E-state index in [0.717, 1.165) is 18.8 Å². The third-order valence-electron chi connectivity index (χ3n) is 3.08. The second-order valence-corrected chi connectivity index (χ2v) is 4.46. The highest BCUT2D eigenvalue weighted by Crippen LogP contribution is 2.36. The summed E-state index contributed by atoms with van der Waals surface area (Å²) in [6.45, 7) is 6.49. The van der Waals surface area contributed by atoms with E-state index in [2.05, 4.69) is 20.8 Å². The van der Waals surface area contributed by atoms with Gasteiger partial charge in [-0.2, -0.15) is 0 Å². The van der Waals surface area contributed by atoms with Crippen LogP contribution in [-0.4, -0.2) is 10.7 Å². The molecule has 0 aliphatic heterocycles. The molecule has 0 aromatic carbocycles. The van der Waals surface area contributed by atoms with Gasteiger partial charge in [-0.1, -0.05) is 33.6 Å². The molecule has 1 N–H and O–H groups in total. The monoisotopic (exact) mass is 156 g/mol. The lowest BCUT2D eigenvalue weighted by molar-refractivity contribution is -0.0512. The predicted octanol–water partition coefficient (Wildman–Crippen LogP) is 2.58. The zero-order valence-electron chi connectivity index (χ0n) is 7.93. The second-order valence-electron chi connectivity index (χ2n) is 4.46. The van der Waals surface area contributed by atoms with Gasteiger partial charge in [-0.3, -0.25) is 0 Å². The molecule has 2 atom stereocenters. The molecule has 1 aliphatic rings. The van der Waals surface area contributed by atoms with Gasteiger partial charge in [0.25, 0.3) is 0 Å². The number of rotatable bonds is 1. The largest absolute Gasteiger partial charge is 0.390 e. The maximum atomic E-state index is 10.1. The molecule has 1 nitrogen and oxygen atoms in total. The molecular formula is C10H20O. The van der Waals surface area contributed by atoms with Crippen molar-refractivity contribution in [2.75, 3.05) is 0 Å². The molecule has 0 saturated heterocycles. The minimum absolute atomic E-state index is 0.350. The highest BCUT2D eigenvalue weighted by Gasteiger charge is 2.35. The van der Waals surface area contributed by atoms with Crippen molar-refractivity contribution in [3.8, 4) is 0 Å². The molecule has 0 aromatic heterocycles. The van der Waals surface area contributed by atoms with Gasteiger partial charge < -0.3 is 5.11 Å². The lowest BCUT2D eigenvalue weighted by Gasteiger charge is -2.38. The van der Waals surface area contributed by atoms with E-state index in [-0.39, 0.29) is 5.60 Å². The summed E-state index contributed by atoms with van der Waals surface area (Å²) in [5.74, 6) is 1.14. The van der Waals surface area contributed by atoms with Gasteiger partial charge in [-0.15, -0.1) is 0 Å². The van der Waals surface area contributed by atoms with Gasteiger partial charge in [-0.25, -0.2) is 0 Å². The predicted molar refractivity (Wildman–Crippen MR) is 47.4 cm³/mol. The maximum Gasteiger partial charge on any atom is 0.0673 e. The molecule has 0 amide bonds. The summed E-state index contributed by atoms with van der Waals surface area (Å²) in [6, 6.07) is 0. The van der Waals surface area contributed by atoms with E-state index in [1.54, 1.807) is 0 Å². The molecule has 0 heterocycles. The van der Waals surface area contributed by atoms with Crippen LogP contribution in [0, 0.1) is 11.8 Å². The summed E-state index contributed by atoms with van der Waals surface area (Å²) >= 11 is 0. The summed E-state index contributed by atoms with van der Waals surface area (Å²) < 4.78 is 0. The quantitative estimate of drug-likeness (QED) is 0.618. The molecule has 1 saturated carbocycles. The fourth-order valence-corrected chi connectivity index (χ4v) is 2.09. The highest BCUT2D eigenvalue weighted by atomic mass is 16.3. The van der Waals surface area contributed by atoms with Gasteiger partial charge in [0.05, 0.1) is 5.60 Å². The fourth-order valence-electron chi connectivity index (χ4n) is 2.09. The third kappa shape index (κ3) is 1.96. The topological polar surface area (TPSA) is 20.2 Å². The van der Waals surface area contributed by atoms with Crippen molar-refractivity contribution in [3.05, 3.63) is 0 Å². The van der Waals surface area contributed by atoms with Crippen LogP contribution in [-0.2, 0) is 0 Å². The molecule has 0 aromatic rings. The van der Waals surface area contributed by atoms with Crippen LogP contribution in [0.2, 0.25) is 0 Å².